The van der Waals surface area contributed by atoms with Gasteiger partial charge in [-0.25, -0.2) is 4.79 Å². The maximum atomic E-state index is 13.1. The average Bonchev–Trinajstić information content (AvgIpc) is 2.73. The Morgan fingerprint density at radius 2 is 1.96 bits per heavy atom. The van der Waals surface area contributed by atoms with Gasteiger partial charge in [-0.3, -0.25) is 14.7 Å². The van der Waals surface area contributed by atoms with Gasteiger partial charge in [0.2, 0.25) is 0 Å². The largest absolute Gasteiger partial charge is 0.394 e. The van der Waals surface area contributed by atoms with Crippen LogP contribution in [0.3, 0.4) is 0 Å². The number of nitrogens with one attached hydrogen (secondary N) is 1. The second kappa shape index (κ2) is 7.59. The number of aliphatic hydroxyl groups excluding tert-OH is 1. The molecule has 0 aliphatic carbocycles. The second-order valence-electron chi connectivity index (χ2n) is 7.19. The number of amides is 3. The summed E-state index contributed by atoms with van der Waals surface area (Å²) in [6, 6.07) is 10.5. The van der Waals surface area contributed by atoms with E-state index in [9.17, 15) is 14.7 Å². The van der Waals surface area contributed by atoms with Crippen LogP contribution in [-0.2, 0) is 0 Å². The highest BCUT2D eigenvalue weighted by molar-refractivity contribution is 5.97. The minimum atomic E-state index is -0.298. The van der Waals surface area contributed by atoms with E-state index in [4.69, 9.17) is 0 Å². The molecule has 3 heterocycles. The molecule has 3 amide bonds. The molecule has 7 heteroatoms. The number of hydrogen-bond donors (Lipinski definition) is 2. The molecular weight excluding hydrogens is 356 g/mol. The van der Waals surface area contributed by atoms with E-state index in [-0.39, 0.29) is 36.5 Å². The molecule has 2 aliphatic heterocycles. The third-order valence-electron chi connectivity index (χ3n) is 5.62. The number of benzene rings is 1. The fourth-order valence-electron chi connectivity index (χ4n) is 4.33. The number of aliphatic hydroxyl groups is 1. The van der Waals surface area contributed by atoms with Gasteiger partial charge in [-0.15, -0.1) is 0 Å². The van der Waals surface area contributed by atoms with Crippen LogP contribution < -0.4 is 10.2 Å². The molecule has 146 valence electrons. The molecule has 0 radical (unpaired) electrons. The molecule has 2 aromatic rings. The summed E-state index contributed by atoms with van der Waals surface area (Å²) in [7, 11) is 0. The Labute approximate surface area is 164 Å². The Balaban J connectivity index is 1.67. The van der Waals surface area contributed by atoms with Crippen molar-refractivity contribution in [2.75, 3.05) is 24.6 Å². The fourth-order valence-corrected chi connectivity index (χ4v) is 4.33. The minimum Gasteiger partial charge on any atom is -0.394 e. The Bertz CT molecular complexity index is 873. The first-order chi connectivity index (χ1) is 13.7. The summed E-state index contributed by atoms with van der Waals surface area (Å²) in [5.41, 5.74) is 2.39. The topological polar surface area (TPSA) is 85.8 Å². The maximum Gasteiger partial charge on any atom is 0.321 e. The van der Waals surface area contributed by atoms with E-state index in [0.717, 1.165) is 17.7 Å². The molecule has 3 atom stereocenters. The number of para-hydroxylation sites is 1. The molecule has 0 spiro atoms. The Hall–Kier alpha value is -2.93. The van der Waals surface area contributed by atoms with E-state index in [1.165, 1.54) is 0 Å². The highest BCUT2D eigenvalue weighted by Crippen LogP contribution is 2.48. The number of urea groups is 1. The van der Waals surface area contributed by atoms with Gasteiger partial charge in [0.05, 0.1) is 18.7 Å². The fraction of sp³-hybridized carbons (Fsp3) is 0.381. The highest BCUT2D eigenvalue weighted by atomic mass is 16.3. The predicted molar refractivity (Wildman–Crippen MR) is 105 cm³/mol. The predicted octanol–water partition coefficient (Wildman–Crippen LogP) is 1.99. The van der Waals surface area contributed by atoms with Gasteiger partial charge in [0.1, 0.15) is 0 Å². The van der Waals surface area contributed by atoms with Crippen LogP contribution >= 0.6 is 0 Å². The van der Waals surface area contributed by atoms with Crippen molar-refractivity contribution < 1.29 is 14.7 Å². The van der Waals surface area contributed by atoms with Crippen molar-refractivity contribution in [1.29, 1.82) is 0 Å². The molecule has 2 N–H and O–H groups in total. The van der Waals surface area contributed by atoms with Gasteiger partial charge in [-0.05, 0) is 30.2 Å². The lowest BCUT2D eigenvalue weighted by molar-refractivity contribution is -0.0242. The molecule has 1 aromatic carbocycles. The van der Waals surface area contributed by atoms with E-state index in [1.807, 2.05) is 31.2 Å². The van der Waals surface area contributed by atoms with E-state index < -0.39 is 0 Å². The van der Waals surface area contributed by atoms with Gasteiger partial charge in [-0.2, -0.15) is 0 Å². The van der Waals surface area contributed by atoms with Crippen molar-refractivity contribution in [3.05, 3.63) is 59.9 Å². The van der Waals surface area contributed by atoms with Gasteiger partial charge in [0.15, 0.2) is 0 Å². The lowest BCUT2D eigenvalue weighted by Gasteiger charge is -2.58. The number of rotatable bonds is 4. The molecule has 1 saturated heterocycles. The zero-order valence-electron chi connectivity index (χ0n) is 15.8. The minimum absolute atomic E-state index is 0.0159. The smallest absolute Gasteiger partial charge is 0.321 e. The lowest BCUT2D eigenvalue weighted by atomic mass is 9.71. The standard InChI is InChI=1S/C21H24N4O3/c1-2-9-23-21(28)24-12-17-19(15-5-3-4-6-16(15)24)18(13-26)25(17)20(27)14-7-10-22-11-8-14/h3-8,10-11,17-19,26H,2,9,12-13H2,1H3,(H,23,28)/t17-,18+,19+/m0/s1. The molecule has 0 saturated carbocycles. The number of likely N-dealkylation sites (tertiary alicyclic amines) is 1. The molecule has 1 aromatic heterocycles. The lowest BCUT2D eigenvalue weighted by Crippen LogP contribution is -2.71. The quantitative estimate of drug-likeness (QED) is 0.849. The number of hydrogen-bond acceptors (Lipinski definition) is 4. The van der Waals surface area contributed by atoms with Gasteiger partial charge >= 0.3 is 6.03 Å². The summed E-state index contributed by atoms with van der Waals surface area (Å²) in [6.07, 6.45) is 4.02. The highest BCUT2D eigenvalue weighted by Gasteiger charge is 2.55. The van der Waals surface area contributed by atoms with E-state index in [2.05, 4.69) is 10.3 Å². The summed E-state index contributed by atoms with van der Waals surface area (Å²) in [4.78, 5) is 33.2. The first-order valence-electron chi connectivity index (χ1n) is 9.65. The van der Waals surface area contributed by atoms with Crippen molar-refractivity contribution in [3.63, 3.8) is 0 Å². The van der Waals surface area contributed by atoms with Crippen LogP contribution in [0.25, 0.3) is 0 Å². The summed E-state index contributed by atoms with van der Waals surface area (Å²) < 4.78 is 0. The van der Waals surface area contributed by atoms with Crippen LogP contribution in [0.1, 0.15) is 35.2 Å². The van der Waals surface area contributed by atoms with Gasteiger partial charge in [-0.1, -0.05) is 25.1 Å². The van der Waals surface area contributed by atoms with Crippen molar-refractivity contribution in [3.8, 4) is 0 Å². The molecule has 2 aliphatic rings. The molecule has 0 bridgehead atoms. The zero-order valence-corrected chi connectivity index (χ0v) is 15.8. The van der Waals surface area contributed by atoms with E-state index >= 15 is 0 Å². The van der Waals surface area contributed by atoms with Crippen LogP contribution in [-0.4, -0.2) is 58.7 Å². The van der Waals surface area contributed by atoms with Gasteiger partial charge < -0.3 is 15.3 Å². The monoisotopic (exact) mass is 380 g/mol. The molecule has 1 fully saturated rings. The number of nitrogens with zero attached hydrogens (tertiary/aromatic N) is 3. The Kier molecular flexibility index (Phi) is 5.00. The van der Waals surface area contributed by atoms with Crippen molar-refractivity contribution in [1.82, 2.24) is 15.2 Å². The van der Waals surface area contributed by atoms with Crippen LogP contribution in [0, 0.1) is 0 Å². The third-order valence-corrected chi connectivity index (χ3v) is 5.62. The van der Waals surface area contributed by atoms with Crippen LogP contribution in [0.15, 0.2) is 48.8 Å². The van der Waals surface area contributed by atoms with Crippen LogP contribution in [0.2, 0.25) is 0 Å². The first kappa shape index (κ1) is 18.4. The van der Waals surface area contributed by atoms with Crippen LogP contribution in [0.5, 0.6) is 0 Å². The normalized spacial score (nSPS) is 22.7. The van der Waals surface area contributed by atoms with E-state index in [1.54, 1.807) is 34.3 Å². The number of aromatic nitrogens is 1. The van der Waals surface area contributed by atoms with Crippen LogP contribution in [0.4, 0.5) is 10.5 Å². The molecule has 0 unspecified atom stereocenters. The summed E-state index contributed by atoms with van der Waals surface area (Å²) >= 11 is 0. The molecular formula is C21H24N4O3. The second-order valence-corrected chi connectivity index (χ2v) is 7.19. The molecule has 28 heavy (non-hydrogen) atoms. The average molecular weight is 380 g/mol. The van der Waals surface area contributed by atoms with Gasteiger partial charge in [0, 0.05) is 42.7 Å². The van der Waals surface area contributed by atoms with Crippen molar-refractivity contribution in [2.24, 2.45) is 0 Å². The van der Waals surface area contributed by atoms with E-state index in [0.29, 0.717) is 18.7 Å². The molecule has 7 nitrogen and oxygen atoms in total. The first-order valence-corrected chi connectivity index (χ1v) is 9.65. The third kappa shape index (κ3) is 2.92. The number of fused-ring (bicyclic) bond motifs is 3. The number of carbonyl (C=O) groups is 2. The number of pyridine rings is 1. The Morgan fingerprint density at radius 3 is 2.68 bits per heavy atom. The summed E-state index contributed by atoms with van der Waals surface area (Å²) in [5.74, 6) is -0.127. The SMILES string of the molecule is CCCNC(=O)N1C[C@H]2[C@@H](c3ccccc31)[C@@H](CO)N2C(=O)c1ccncc1. The van der Waals surface area contributed by atoms with Crippen molar-refractivity contribution >= 4 is 17.6 Å². The van der Waals surface area contributed by atoms with Crippen molar-refractivity contribution in [2.45, 2.75) is 31.3 Å². The summed E-state index contributed by atoms with van der Waals surface area (Å²) in [5, 5.41) is 12.9. The van der Waals surface area contributed by atoms with Gasteiger partial charge in [0.25, 0.3) is 5.91 Å². The zero-order chi connectivity index (χ0) is 19.7. The maximum absolute atomic E-state index is 13.1. The number of carbonyl (C=O) groups excluding carboxylic acids is 2. The molecule has 4 rings (SSSR count). The Morgan fingerprint density at radius 1 is 1.21 bits per heavy atom. The summed E-state index contributed by atoms with van der Waals surface area (Å²) in [6.45, 7) is 2.90. The number of anilines is 1.